The van der Waals surface area contributed by atoms with Gasteiger partial charge in [0.1, 0.15) is 0 Å². The van der Waals surface area contributed by atoms with Crippen LogP contribution in [-0.2, 0) is 16.1 Å². The molecule has 2 amide bonds. The minimum absolute atomic E-state index is 0.0762. The smallest absolute Gasteiger partial charge is 0.222 e. The number of amides is 2. The molecule has 1 aromatic carbocycles. The second kappa shape index (κ2) is 7.75. The monoisotopic (exact) mass is 316 g/mol. The number of nitrogens with one attached hydrogen (secondary N) is 2. The van der Waals surface area contributed by atoms with E-state index in [9.17, 15) is 9.59 Å². The van der Waals surface area contributed by atoms with E-state index in [-0.39, 0.29) is 24.3 Å². The highest BCUT2D eigenvalue weighted by Crippen LogP contribution is 2.22. The summed E-state index contributed by atoms with van der Waals surface area (Å²) in [7, 11) is 0. The zero-order valence-electron chi connectivity index (χ0n) is 12.8. The summed E-state index contributed by atoms with van der Waals surface area (Å²) >= 11 is 1.54. The standard InChI is InChI=1S/C17H20N2O2S/c1-12-5-7-14(8-6-12)11-18-17(21)10-15(19-13(2)20)16-4-3-9-22-16/h3-9,15H,10-11H2,1-2H3,(H,18,21)(H,19,20)/t15-/m1/s1. The number of carbonyl (C=O) groups is 2. The Bertz CT molecular complexity index is 621. The first-order valence-corrected chi connectivity index (χ1v) is 8.05. The van der Waals surface area contributed by atoms with Crippen LogP contribution in [-0.4, -0.2) is 11.8 Å². The van der Waals surface area contributed by atoms with E-state index >= 15 is 0 Å². The molecule has 0 radical (unpaired) electrons. The second-order valence-corrected chi connectivity index (χ2v) is 6.21. The van der Waals surface area contributed by atoms with Crippen molar-refractivity contribution in [1.29, 1.82) is 0 Å². The SMILES string of the molecule is CC(=O)N[C@H](CC(=O)NCc1ccc(C)cc1)c1cccs1. The molecular formula is C17H20N2O2S. The number of hydrogen-bond donors (Lipinski definition) is 2. The normalized spacial score (nSPS) is 11.7. The Kier molecular flexibility index (Phi) is 5.72. The third-order valence-corrected chi connectivity index (χ3v) is 4.25. The van der Waals surface area contributed by atoms with Gasteiger partial charge in [-0.1, -0.05) is 35.9 Å². The molecule has 0 aliphatic heterocycles. The molecule has 0 aliphatic rings. The molecular weight excluding hydrogens is 296 g/mol. The molecule has 1 aromatic heterocycles. The van der Waals surface area contributed by atoms with Crippen LogP contribution >= 0.6 is 11.3 Å². The lowest BCUT2D eigenvalue weighted by molar-refractivity contribution is -0.122. The van der Waals surface area contributed by atoms with E-state index in [4.69, 9.17) is 0 Å². The lowest BCUT2D eigenvalue weighted by atomic mass is 10.1. The summed E-state index contributed by atoms with van der Waals surface area (Å²) in [6, 6.07) is 11.6. The van der Waals surface area contributed by atoms with Crippen LogP contribution in [0.15, 0.2) is 41.8 Å². The maximum absolute atomic E-state index is 12.1. The highest BCUT2D eigenvalue weighted by molar-refractivity contribution is 7.10. The molecule has 1 atom stereocenters. The van der Waals surface area contributed by atoms with Crippen LogP contribution in [0.25, 0.3) is 0 Å². The van der Waals surface area contributed by atoms with Crippen LogP contribution in [0.3, 0.4) is 0 Å². The fraction of sp³-hybridized carbons (Fsp3) is 0.294. The topological polar surface area (TPSA) is 58.2 Å². The third kappa shape index (κ3) is 5.00. The maximum atomic E-state index is 12.1. The van der Waals surface area contributed by atoms with E-state index in [1.807, 2.05) is 48.7 Å². The van der Waals surface area contributed by atoms with Crippen molar-refractivity contribution in [2.45, 2.75) is 32.9 Å². The first-order chi connectivity index (χ1) is 10.5. The first-order valence-electron chi connectivity index (χ1n) is 7.17. The summed E-state index contributed by atoms with van der Waals surface area (Å²) in [4.78, 5) is 24.4. The Labute approximate surface area is 134 Å². The molecule has 0 saturated carbocycles. The van der Waals surface area contributed by atoms with Gasteiger partial charge >= 0.3 is 0 Å². The van der Waals surface area contributed by atoms with Gasteiger partial charge in [-0.25, -0.2) is 0 Å². The van der Waals surface area contributed by atoms with E-state index < -0.39 is 0 Å². The van der Waals surface area contributed by atoms with E-state index in [0.29, 0.717) is 6.54 Å². The number of carbonyl (C=O) groups excluding carboxylic acids is 2. The maximum Gasteiger partial charge on any atom is 0.222 e. The first kappa shape index (κ1) is 16.2. The van der Waals surface area contributed by atoms with Gasteiger partial charge in [0.15, 0.2) is 0 Å². The highest BCUT2D eigenvalue weighted by atomic mass is 32.1. The van der Waals surface area contributed by atoms with Gasteiger partial charge in [0.05, 0.1) is 12.5 Å². The highest BCUT2D eigenvalue weighted by Gasteiger charge is 2.17. The van der Waals surface area contributed by atoms with Gasteiger partial charge < -0.3 is 10.6 Å². The predicted molar refractivity (Wildman–Crippen MR) is 88.5 cm³/mol. The van der Waals surface area contributed by atoms with Gasteiger partial charge in [0.25, 0.3) is 0 Å². The summed E-state index contributed by atoms with van der Waals surface area (Å²) < 4.78 is 0. The van der Waals surface area contributed by atoms with Crippen LogP contribution in [0.5, 0.6) is 0 Å². The van der Waals surface area contributed by atoms with Crippen molar-refractivity contribution in [2.75, 3.05) is 0 Å². The number of aryl methyl sites for hydroxylation is 1. The molecule has 2 N–H and O–H groups in total. The van der Waals surface area contributed by atoms with Crippen LogP contribution in [0.1, 0.15) is 35.4 Å². The number of hydrogen-bond acceptors (Lipinski definition) is 3. The van der Waals surface area contributed by atoms with Gasteiger partial charge in [0, 0.05) is 18.3 Å². The average molecular weight is 316 g/mol. The van der Waals surface area contributed by atoms with Crippen LogP contribution in [0, 0.1) is 6.92 Å². The van der Waals surface area contributed by atoms with E-state index in [2.05, 4.69) is 10.6 Å². The molecule has 2 aromatic rings. The lowest BCUT2D eigenvalue weighted by Crippen LogP contribution is -2.32. The van der Waals surface area contributed by atoms with Crippen LogP contribution in [0.4, 0.5) is 0 Å². The number of thiophene rings is 1. The van der Waals surface area contributed by atoms with Crippen molar-refractivity contribution in [3.8, 4) is 0 Å². The zero-order valence-corrected chi connectivity index (χ0v) is 13.6. The van der Waals surface area contributed by atoms with Gasteiger partial charge in [-0.2, -0.15) is 0 Å². The molecule has 0 saturated heterocycles. The molecule has 1 heterocycles. The molecule has 2 rings (SSSR count). The van der Waals surface area contributed by atoms with Gasteiger partial charge in [-0.15, -0.1) is 11.3 Å². The summed E-state index contributed by atoms with van der Waals surface area (Å²) in [5, 5.41) is 7.67. The van der Waals surface area contributed by atoms with Gasteiger partial charge in [-0.3, -0.25) is 9.59 Å². The number of rotatable bonds is 6. The summed E-state index contributed by atoms with van der Waals surface area (Å²) in [5.41, 5.74) is 2.25. The molecule has 22 heavy (non-hydrogen) atoms. The van der Waals surface area contributed by atoms with E-state index in [0.717, 1.165) is 10.4 Å². The Morgan fingerprint density at radius 3 is 2.50 bits per heavy atom. The van der Waals surface area contributed by atoms with Crippen molar-refractivity contribution < 1.29 is 9.59 Å². The molecule has 5 heteroatoms. The fourth-order valence-electron chi connectivity index (χ4n) is 2.12. The van der Waals surface area contributed by atoms with Crippen molar-refractivity contribution in [2.24, 2.45) is 0 Å². The Morgan fingerprint density at radius 2 is 1.91 bits per heavy atom. The fourth-order valence-corrected chi connectivity index (χ4v) is 2.90. The molecule has 0 spiro atoms. The predicted octanol–water partition coefficient (Wildman–Crippen LogP) is 2.94. The number of benzene rings is 1. The zero-order chi connectivity index (χ0) is 15.9. The van der Waals surface area contributed by atoms with Crippen LogP contribution < -0.4 is 10.6 Å². The minimum Gasteiger partial charge on any atom is -0.352 e. The van der Waals surface area contributed by atoms with Crippen molar-refractivity contribution in [3.05, 3.63) is 57.8 Å². The summed E-state index contributed by atoms with van der Waals surface area (Å²) in [6.07, 6.45) is 0.242. The Morgan fingerprint density at radius 1 is 1.18 bits per heavy atom. The molecule has 0 aliphatic carbocycles. The summed E-state index contributed by atoms with van der Waals surface area (Å²) in [5.74, 6) is -0.211. The van der Waals surface area contributed by atoms with Gasteiger partial charge in [-0.05, 0) is 23.9 Å². The van der Waals surface area contributed by atoms with Gasteiger partial charge in [0.2, 0.25) is 11.8 Å². The van der Waals surface area contributed by atoms with Crippen molar-refractivity contribution >= 4 is 23.2 Å². The molecule has 0 bridgehead atoms. The molecule has 0 fully saturated rings. The Hall–Kier alpha value is -2.14. The quantitative estimate of drug-likeness (QED) is 0.861. The van der Waals surface area contributed by atoms with Crippen molar-refractivity contribution in [3.63, 3.8) is 0 Å². The largest absolute Gasteiger partial charge is 0.352 e. The summed E-state index contributed by atoms with van der Waals surface area (Å²) in [6.45, 7) is 3.99. The van der Waals surface area contributed by atoms with E-state index in [1.165, 1.54) is 23.8 Å². The Balaban J connectivity index is 1.90. The minimum atomic E-state index is -0.268. The molecule has 4 nitrogen and oxygen atoms in total. The third-order valence-electron chi connectivity index (χ3n) is 3.26. The second-order valence-electron chi connectivity index (χ2n) is 5.23. The molecule has 116 valence electrons. The van der Waals surface area contributed by atoms with Crippen molar-refractivity contribution in [1.82, 2.24) is 10.6 Å². The lowest BCUT2D eigenvalue weighted by Gasteiger charge is -2.16. The van der Waals surface area contributed by atoms with Crippen LogP contribution in [0.2, 0.25) is 0 Å². The average Bonchev–Trinajstić information content (AvgIpc) is 3.00. The van der Waals surface area contributed by atoms with E-state index in [1.54, 1.807) is 0 Å². The molecule has 0 unspecified atom stereocenters.